The molecule has 0 fully saturated rings. The Hall–Kier alpha value is -2.76. The monoisotopic (exact) mass is 331 g/mol. The maximum atomic E-state index is 12.3. The third-order valence-electron chi connectivity index (χ3n) is 3.42. The Labute approximate surface area is 140 Å². The lowest BCUT2D eigenvalue weighted by molar-refractivity contribution is 0.0588. The van der Waals surface area contributed by atoms with Crippen LogP contribution in [-0.2, 0) is 9.47 Å². The van der Waals surface area contributed by atoms with Gasteiger partial charge in [-0.15, -0.1) is 0 Å². The van der Waals surface area contributed by atoms with Crippen LogP contribution in [0.2, 0.25) is 0 Å². The first-order valence-electron chi connectivity index (χ1n) is 7.45. The summed E-state index contributed by atoms with van der Waals surface area (Å²) in [6.07, 6.45) is -0.637. The lowest BCUT2D eigenvalue weighted by Gasteiger charge is -2.26. The van der Waals surface area contributed by atoms with Gasteiger partial charge in [0.15, 0.2) is 0 Å². The highest BCUT2D eigenvalue weighted by molar-refractivity contribution is 6.13. The number of anilines is 1. The third kappa shape index (κ3) is 3.42. The van der Waals surface area contributed by atoms with E-state index in [-0.39, 0.29) is 17.0 Å². The van der Waals surface area contributed by atoms with Crippen molar-refractivity contribution in [2.75, 3.05) is 19.1 Å². The van der Waals surface area contributed by atoms with Crippen molar-refractivity contribution in [2.24, 2.45) is 0 Å². The van der Waals surface area contributed by atoms with Gasteiger partial charge < -0.3 is 14.6 Å². The van der Waals surface area contributed by atoms with E-state index in [2.05, 4.69) is 0 Å². The van der Waals surface area contributed by atoms with E-state index >= 15 is 0 Å². The Morgan fingerprint density at radius 3 is 2.25 bits per heavy atom. The maximum absolute atomic E-state index is 12.3. The van der Waals surface area contributed by atoms with Crippen molar-refractivity contribution in [3.63, 3.8) is 0 Å². The molecule has 6 heteroatoms. The molecule has 0 aliphatic heterocycles. The standard InChI is InChI=1S/C18H21NO5/c1-18(2,3)24-17(22)19(4)13-10-14(20)11-8-6-7-9-12(11)15(13)16(21)23-5/h6-10,20H,1-5H3. The average molecular weight is 331 g/mol. The van der Waals surface area contributed by atoms with Crippen molar-refractivity contribution in [1.82, 2.24) is 0 Å². The Kier molecular flexibility index (Phi) is 4.68. The predicted molar refractivity (Wildman–Crippen MR) is 91.6 cm³/mol. The van der Waals surface area contributed by atoms with E-state index in [1.807, 2.05) is 0 Å². The number of aromatic hydroxyl groups is 1. The van der Waals surface area contributed by atoms with Crippen molar-refractivity contribution < 1.29 is 24.2 Å². The summed E-state index contributed by atoms with van der Waals surface area (Å²) in [5, 5.41) is 11.3. The number of phenolic OH excluding ortho intramolecular Hbond substituents is 1. The fourth-order valence-corrected chi connectivity index (χ4v) is 2.35. The molecule has 1 N–H and O–H groups in total. The van der Waals surface area contributed by atoms with E-state index < -0.39 is 17.7 Å². The van der Waals surface area contributed by atoms with Crippen molar-refractivity contribution in [1.29, 1.82) is 0 Å². The molecule has 0 bridgehead atoms. The quantitative estimate of drug-likeness (QED) is 0.849. The summed E-state index contributed by atoms with van der Waals surface area (Å²) >= 11 is 0. The van der Waals surface area contributed by atoms with Crippen LogP contribution in [0, 0.1) is 0 Å². The number of phenols is 1. The molecule has 0 atom stereocenters. The Bertz CT molecular complexity index is 792. The normalized spacial score (nSPS) is 11.2. The van der Waals surface area contributed by atoms with Gasteiger partial charge in [0.05, 0.1) is 18.4 Å². The van der Waals surface area contributed by atoms with E-state index in [0.29, 0.717) is 10.8 Å². The molecule has 0 radical (unpaired) electrons. The van der Waals surface area contributed by atoms with Crippen LogP contribution in [0.25, 0.3) is 10.8 Å². The summed E-state index contributed by atoms with van der Waals surface area (Å²) in [6.45, 7) is 5.24. The number of carbonyl (C=O) groups excluding carboxylic acids is 2. The molecule has 6 nitrogen and oxygen atoms in total. The topological polar surface area (TPSA) is 76.1 Å². The molecular weight excluding hydrogens is 310 g/mol. The van der Waals surface area contributed by atoms with Crippen LogP contribution in [0.3, 0.4) is 0 Å². The second-order valence-electron chi connectivity index (χ2n) is 6.37. The van der Waals surface area contributed by atoms with Crippen LogP contribution in [0.4, 0.5) is 10.5 Å². The molecular formula is C18H21NO5. The molecule has 24 heavy (non-hydrogen) atoms. The van der Waals surface area contributed by atoms with E-state index in [4.69, 9.17) is 9.47 Å². The van der Waals surface area contributed by atoms with Crippen LogP contribution in [0.1, 0.15) is 31.1 Å². The number of rotatable bonds is 2. The first kappa shape index (κ1) is 17.6. The SMILES string of the molecule is COC(=O)c1c(N(C)C(=O)OC(C)(C)C)cc(O)c2ccccc12. The molecule has 0 aliphatic carbocycles. The summed E-state index contributed by atoms with van der Waals surface area (Å²) < 4.78 is 10.2. The number of benzene rings is 2. The van der Waals surface area contributed by atoms with Crippen molar-refractivity contribution in [2.45, 2.75) is 26.4 Å². The lowest BCUT2D eigenvalue weighted by atomic mass is 10.0. The first-order chi connectivity index (χ1) is 11.2. The highest BCUT2D eigenvalue weighted by Crippen LogP contribution is 2.36. The minimum Gasteiger partial charge on any atom is -0.507 e. The minimum atomic E-state index is -0.685. The molecule has 2 aromatic rings. The van der Waals surface area contributed by atoms with Crippen LogP contribution < -0.4 is 4.90 Å². The molecule has 2 rings (SSSR count). The molecule has 0 aromatic heterocycles. The minimum absolute atomic E-state index is 0.0383. The van der Waals surface area contributed by atoms with Crippen molar-refractivity contribution in [3.05, 3.63) is 35.9 Å². The van der Waals surface area contributed by atoms with Gasteiger partial charge in [-0.3, -0.25) is 4.90 Å². The Morgan fingerprint density at radius 2 is 1.71 bits per heavy atom. The molecule has 0 saturated carbocycles. The smallest absolute Gasteiger partial charge is 0.414 e. The van der Waals surface area contributed by atoms with E-state index in [1.165, 1.54) is 25.1 Å². The lowest BCUT2D eigenvalue weighted by Crippen LogP contribution is -2.35. The number of methoxy groups -OCH3 is 1. The number of nitrogens with zero attached hydrogens (tertiary/aromatic N) is 1. The number of hydrogen-bond acceptors (Lipinski definition) is 5. The number of ether oxygens (including phenoxy) is 2. The molecule has 0 spiro atoms. The fraction of sp³-hybridized carbons (Fsp3) is 0.333. The Balaban J connectivity index is 2.65. The third-order valence-corrected chi connectivity index (χ3v) is 3.42. The van der Waals surface area contributed by atoms with Gasteiger partial charge in [-0.25, -0.2) is 9.59 Å². The summed E-state index contributed by atoms with van der Waals surface area (Å²) in [5.41, 5.74) is -0.276. The predicted octanol–water partition coefficient (Wildman–Crippen LogP) is 3.70. The van der Waals surface area contributed by atoms with Gasteiger partial charge in [-0.1, -0.05) is 24.3 Å². The largest absolute Gasteiger partial charge is 0.507 e. The van der Waals surface area contributed by atoms with E-state index in [1.54, 1.807) is 45.0 Å². The second kappa shape index (κ2) is 6.39. The maximum Gasteiger partial charge on any atom is 0.414 e. The molecule has 0 aliphatic rings. The van der Waals surface area contributed by atoms with Gasteiger partial charge in [-0.05, 0) is 20.8 Å². The Morgan fingerprint density at radius 1 is 1.12 bits per heavy atom. The number of hydrogen-bond donors (Lipinski definition) is 1. The van der Waals surface area contributed by atoms with Crippen molar-refractivity contribution >= 4 is 28.5 Å². The summed E-state index contributed by atoms with van der Waals surface area (Å²) in [7, 11) is 2.74. The van der Waals surface area contributed by atoms with Crippen LogP contribution in [0.5, 0.6) is 5.75 Å². The number of fused-ring (bicyclic) bond motifs is 1. The highest BCUT2D eigenvalue weighted by Gasteiger charge is 2.27. The van der Waals surface area contributed by atoms with Crippen molar-refractivity contribution in [3.8, 4) is 5.75 Å². The summed E-state index contributed by atoms with van der Waals surface area (Å²) in [4.78, 5) is 25.8. The zero-order valence-corrected chi connectivity index (χ0v) is 14.4. The molecule has 0 heterocycles. The number of carbonyl (C=O) groups is 2. The molecule has 0 unspecified atom stereocenters. The fourth-order valence-electron chi connectivity index (χ4n) is 2.35. The molecule has 0 saturated heterocycles. The number of amides is 1. The van der Waals surface area contributed by atoms with Gasteiger partial charge in [0.25, 0.3) is 0 Å². The van der Waals surface area contributed by atoms with Gasteiger partial charge in [0.1, 0.15) is 11.4 Å². The summed E-state index contributed by atoms with van der Waals surface area (Å²) in [6, 6.07) is 8.23. The molecule has 1 amide bonds. The van der Waals surface area contributed by atoms with Gasteiger partial charge in [0, 0.05) is 23.9 Å². The van der Waals surface area contributed by atoms with E-state index in [9.17, 15) is 14.7 Å². The van der Waals surface area contributed by atoms with Gasteiger partial charge in [0.2, 0.25) is 0 Å². The van der Waals surface area contributed by atoms with E-state index in [0.717, 1.165) is 0 Å². The molecule has 2 aromatic carbocycles. The number of esters is 1. The summed E-state index contributed by atoms with van der Waals surface area (Å²) in [5.74, 6) is -0.639. The van der Waals surface area contributed by atoms with Crippen LogP contribution >= 0.6 is 0 Å². The van der Waals surface area contributed by atoms with Gasteiger partial charge in [-0.2, -0.15) is 0 Å². The highest BCUT2D eigenvalue weighted by atomic mass is 16.6. The molecule has 128 valence electrons. The first-order valence-corrected chi connectivity index (χ1v) is 7.45. The zero-order chi connectivity index (χ0) is 18.1. The van der Waals surface area contributed by atoms with Crippen LogP contribution in [0.15, 0.2) is 30.3 Å². The zero-order valence-electron chi connectivity index (χ0n) is 14.4. The van der Waals surface area contributed by atoms with Gasteiger partial charge >= 0.3 is 12.1 Å². The van der Waals surface area contributed by atoms with Crippen LogP contribution in [-0.4, -0.2) is 36.9 Å². The second-order valence-corrected chi connectivity index (χ2v) is 6.37. The average Bonchev–Trinajstić information content (AvgIpc) is 2.51.